The largest absolute Gasteiger partial charge is 0.487 e. The van der Waals surface area contributed by atoms with Gasteiger partial charge in [0.15, 0.2) is 9.04 Å². The lowest BCUT2D eigenvalue weighted by molar-refractivity contribution is -0.0382. The van der Waals surface area contributed by atoms with Gasteiger partial charge >= 0.3 is 8.80 Å². The molecule has 4 nitrogen and oxygen atoms in total. The molecule has 0 fully saturated rings. The summed E-state index contributed by atoms with van der Waals surface area (Å²) < 4.78 is 26.8. The lowest BCUT2D eigenvalue weighted by Gasteiger charge is -2.51. The van der Waals surface area contributed by atoms with Gasteiger partial charge in [-0.2, -0.15) is 0 Å². The molecule has 0 spiro atoms. The third-order valence-electron chi connectivity index (χ3n) is 6.50. The first-order chi connectivity index (χ1) is 12.0. The molecule has 0 saturated carbocycles. The van der Waals surface area contributed by atoms with Crippen LogP contribution in [0.5, 0.6) is 0 Å². The molecule has 0 bridgehead atoms. The smallest absolute Gasteiger partial charge is 0.419 e. The molecule has 1 atom stereocenters. The van der Waals surface area contributed by atoms with Crippen LogP contribution >= 0.6 is 0 Å². The Kier molecular flexibility index (Phi) is 9.29. The van der Waals surface area contributed by atoms with Crippen molar-refractivity contribution < 1.29 is 17.4 Å². The van der Waals surface area contributed by atoms with E-state index in [1.807, 2.05) is 0 Å². The third kappa shape index (κ3) is 7.75. The molecule has 0 aromatic rings. The Morgan fingerprint density at radius 1 is 0.679 bits per heavy atom. The van der Waals surface area contributed by atoms with Crippen LogP contribution in [0.3, 0.4) is 0 Å². The van der Waals surface area contributed by atoms with E-state index >= 15 is 0 Å². The monoisotopic (exact) mass is 466 g/mol. The first-order valence-electron chi connectivity index (χ1n) is 10.8. The van der Waals surface area contributed by atoms with Crippen molar-refractivity contribution in [1.82, 2.24) is 0 Å². The highest BCUT2D eigenvalue weighted by atomic mass is 28.4. The highest BCUT2D eigenvalue weighted by Gasteiger charge is 2.54. The summed E-state index contributed by atoms with van der Waals surface area (Å²) in [5, 5.41) is -0.547. The lowest BCUT2D eigenvalue weighted by atomic mass is 9.95. The molecule has 0 aromatic heterocycles. The van der Waals surface area contributed by atoms with Gasteiger partial charge < -0.3 is 17.4 Å². The molecule has 170 valence electrons. The van der Waals surface area contributed by atoms with Gasteiger partial charge in [-0.25, -0.2) is 0 Å². The fraction of sp³-hybridized carbons (Fsp3) is 1.00. The Morgan fingerprint density at radius 3 is 1.43 bits per heavy atom. The maximum Gasteiger partial charge on any atom is 0.487 e. The highest BCUT2D eigenvalue weighted by Crippen LogP contribution is 2.37. The zero-order chi connectivity index (χ0) is 23.0. The first kappa shape index (κ1) is 28.7. The summed E-state index contributed by atoms with van der Waals surface area (Å²) in [5.41, 5.74) is -0.301. The predicted molar refractivity (Wildman–Crippen MR) is 133 cm³/mol. The molecule has 0 heterocycles. The zero-order valence-electron chi connectivity index (χ0n) is 21.8. The molecule has 0 saturated heterocycles. The standard InChI is InChI=1S/C20H50O4Si4/c1-17(2)18(3,4)21-28(16,24-25(9)10)23-20(7,8)27(14,15)22-19(5,6)26(11,12)13/h17,25H,1-16H3. The number of hydrogen-bond acceptors (Lipinski definition) is 4. The van der Waals surface area contributed by atoms with Crippen LogP contribution in [0.25, 0.3) is 0 Å². The molecule has 0 radical (unpaired) electrons. The minimum atomic E-state index is -2.85. The number of rotatable bonds is 11. The van der Waals surface area contributed by atoms with Gasteiger partial charge in [0.25, 0.3) is 0 Å². The molecule has 0 aliphatic heterocycles. The SMILES string of the molecule is CC(C)C(C)(C)O[Si](C)(O[SiH](C)C)OC(C)(C)[Si](C)(C)OC(C)(C)[Si](C)(C)C. The Hall–Kier alpha value is 0.708. The van der Waals surface area contributed by atoms with Gasteiger partial charge in [-0.1, -0.05) is 33.5 Å². The van der Waals surface area contributed by atoms with E-state index in [4.69, 9.17) is 17.4 Å². The Labute approximate surface area is 181 Å². The first-order valence-corrected chi connectivity index (χ1v) is 22.2. The topological polar surface area (TPSA) is 36.9 Å². The van der Waals surface area contributed by atoms with Crippen LogP contribution in [-0.4, -0.2) is 50.3 Å². The predicted octanol–water partition coefficient (Wildman–Crippen LogP) is 6.22. The molecule has 0 amide bonds. The van der Waals surface area contributed by atoms with Crippen LogP contribution in [0.4, 0.5) is 0 Å². The second-order valence-electron chi connectivity index (χ2n) is 11.9. The van der Waals surface area contributed by atoms with E-state index in [-0.39, 0.29) is 10.8 Å². The average molecular weight is 467 g/mol. The van der Waals surface area contributed by atoms with Crippen molar-refractivity contribution in [2.24, 2.45) is 5.92 Å². The molecular formula is C20H50O4Si4. The molecular weight excluding hydrogens is 417 g/mol. The molecule has 8 heteroatoms. The summed E-state index contributed by atoms with van der Waals surface area (Å²) in [6.45, 7) is 35.5. The average Bonchev–Trinajstić information content (AvgIpc) is 2.31. The van der Waals surface area contributed by atoms with E-state index in [1.165, 1.54) is 0 Å². The fourth-order valence-electron chi connectivity index (χ4n) is 2.59. The van der Waals surface area contributed by atoms with Gasteiger partial charge in [0.1, 0.15) is 0 Å². The maximum absolute atomic E-state index is 6.88. The van der Waals surface area contributed by atoms with Crippen molar-refractivity contribution in [3.05, 3.63) is 0 Å². The van der Waals surface area contributed by atoms with Gasteiger partial charge in [-0.15, -0.1) is 0 Å². The van der Waals surface area contributed by atoms with Crippen molar-refractivity contribution in [3.8, 4) is 0 Å². The zero-order valence-corrected chi connectivity index (χ0v) is 25.9. The fourth-order valence-corrected chi connectivity index (χ4v) is 13.6. The van der Waals surface area contributed by atoms with Gasteiger partial charge in [0, 0.05) is 11.8 Å². The van der Waals surface area contributed by atoms with Crippen molar-refractivity contribution in [3.63, 3.8) is 0 Å². The lowest BCUT2D eigenvalue weighted by Crippen LogP contribution is -2.66. The third-order valence-corrected chi connectivity index (χ3v) is 20.0. The molecule has 1 unspecified atom stereocenters. The summed E-state index contributed by atoms with van der Waals surface area (Å²) in [4.78, 5) is 0. The van der Waals surface area contributed by atoms with E-state index in [0.29, 0.717) is 5.92 Å². The van der Waals surface area contributed by atoms with E-state index in [0.717, 1.165) is 0 Å². The van der Waals surface area contributed by atoms with Crippen LogP contribution in [0.15, 0.2) is 0 Å². The number of hydrogen-bond donors (Lipinski definition) is 0. The highest BCUT2D eigenvalue weighted by molar-refractivity contribution is 6.81. The second-order valence-corrected chi connectivity index (χ2v) is 27.2. The van der Waals surface area contributed by atoms with Crippen LogP contribution in [0, 0.1) is 5.92 Å². The summed E-state index contributed by atoms with van der Waals surface area (Å²) in [6, 6.07) is 0. The van der Waals surface area contributed by atoms with Crippen molar-refractivity contribution in [2.75, 3.05) is 0 Å². The van der Waals surface area contributed by atoms with Crippen LogP contribution < -0.4 is 0 Å². The van der Waals surface area contributed by atoms with Crippen LogP contribution in [0.2, 0.25) is 52.4 Å². The van der Waals surface area contributed by atoms with Gasteiger partial charge in [-0.3, -0.25) is 0 Å². The maximum atomic E-state index is 6.88. The summed E-state index contributed by atoms with van der Waals surface area (Å²) in [6.07, 6.45) is 0. The van der Waals surface area contributed by atoms with Crippen molar-refractivity contribution >= 4 is 34.2 Å². The quantitative estimate of drug-likeness (QED) is 0.339. The van der Waals surface area contributed by atoms with E-state index in [2.05, 4.69) is 108 Å². The molecule has 28 heavy (non-hydrogen) atoms. The van der Waals surface area contributed by atoms with Gasteiger partial charge in [-0.05, 0) is 73.6 Å². The normalized spacial score (nSPS) is 17.4. The minimum Gasteiger partial charge on any atom is -0.419 e. The molecule has 0 N–H and O–H groups in total. The van der Waals surface area contributed by atoms with E-state index in [1.54, 1.807) is 0 Å². The Balaban J connectivity index is 5.82. The summed E-state index contributed by atoms with van der Waals surface area (Å²) >= 11 is 0. The molecule has 0 aliphatic rings. The molecule has 0 aliphatic carbocycles. The second kappa shape index (κ2) is 9.06. The van der Waals surface area contributed by atoms with E-state index in [9.17, 15) is 0 Å². The molecule has 0 rings (SSSR count). The van der Waals surface area contributed by atoms with Crippen molar-refractivity contribution in [2.45, 2.75) is 124 Å². The minimum absolute atomic E-state index is 0.118. The van der Waals surface area contributed by atoms with E-state index < -0.39 is 39.5 Å². The molecule has 0 aromatic carbocycles. The summed E-state index contributed by atoms with van der Waals surface area (Å²) in [5.74, 6) is 0.371. The van der Waals surface area contributed by atoms with Crippen LogP contribution in [-0.2, 0) is 17.4 Å². The van der Waals surface area contributed by atoms with Crippen molar-refractivity contribution in [1.29, 1.82) is 0 Å². The van der Waals surface area contributed by atoms with Crippen LogP contribution in [0.1, 0.15) is 55.4 Å². The summed E-state index contributed by atoms with van der Waals surface area (Å²) in [7, 11) is -7.92. The Bertz CT molecular complexity index is 511. The Morgan fingerprint density at radius 2 is 1.11 bits per heavy atom. The van der Waals surface area contributed by atoms with Gasteiger partial charge in [0.2, 0.25) is 8.32 Å². The van der Waals surface area contributed by atoms with Gasteiger partial charge in [0.05, 0.1) is 18.9 Å².